The topological polar surface area (TPSA) is 165 Å². The van der Waals surface area contributed by atoms with Gasteiger partial charge in [-0.15, -0.1) is 0 Å². The van der Waals surface area contributed by atoms with Crippen LogP contribution in [0, 0.1) is 17.3 Å². The van der Waals surface area contributed by atoms with Gasteiger partial charge in [-0.05, 0) is 78.8 Å². The van der Waals surface area contributed by atoms with Gasteiger partial charge >= 0.3 is 5.97 Å². The highest BCUT2D eigenvalue weighted by molar-refractivity contribution is 5.97. The smallest absolute Gasteiger partial charge is 0.324 e. The molecule has 6 bridgehead atoms. The molecule has 2 N–H and O–H groups in total. The monoisotopic (exact) mass is 885 g/mol. The Kier molecular flexibility index (Phi) is 12.1. The van der Waals surface area contributed by atoms with Crippen LogP contribution in [0.2, 0.25) is 0 Å². The van der Waals surface area contributed by atoms with Gasteiger partial charge in [0.2, 0.25) is 17.7 Å². The molecule has 0 radical (unpaired) electrons. The van der Waals surface area contributed by atoms with E-state index in [1.165, 1.54) is 16.0 Å². The lowest BCUT2D eigenvalue weighted by Crippen LogP contribution is -2.63. The predicted molar refractivity (Wildman–Crippen MR) is 243 cm³/mol. The lowest BCUT2D eigenvalue weighted by molar-refractivity contribution is -0.157. The van der Waals surface area contributed by atoms with E-state index in [4.69, 9.17) is 19.2 Å². The zero-order valence-corrected chi connectivity index (χ0v) is 37.9. The van der Waals surface area contributed by atoms with Crippen molar-refractivity contribution in [2.24, 2.45) is 17.3 Å². The standard InChI is InChI=1S/C50H59N7O8/c1-7-39(58)55-21-18-32(25-55)47(60)54(5)43(33-26-64-27-33)46(59)52-37-23-29-12-9-13-30(22-29)31-16-17-38-35(24-31)40-41(45(63-6)42-34(14-10-19-51-42)44(40)56(38)8-2)50(3,4)28-65-49(62)36-15-11-20-57(53-36)48(37)61/h7,9-10,12-14,16-17,19,22,24,32-33,36-37,41,43,45,53H,1,8,11,15,18,20-21,23,25-28H2,2-6H3,(H,52,59)/t32-,36-,37-,41?,43-,45-/m0/s1. The number of pyridine rings is 1. The second kappa shape index (κ2) is 17.8. The van der Waals surface area contributed by atoms with Gasteiger partial charge in [0.05, 0.1) is 37.1 Å². The maximum Gasteiger partial charge on any atom is 0.324 e. The van der Waals surface area contributed by atoms with Crippen LogP contribution in [0.4, 0.5) is 0 Å². The van der Waals surface area contributed by atoms with Crippen molar-refractivity contribution in [3.63, 3.8) is 0 Å². The molecule has 0 saturated carbocycles. The number of carbonyl (C=O) groups is 5. The summed E-state index contributed by atoms with van der Waals surface area (Å²) in [7, 11) is 3.32. The lowest BCUT2D eigenvalue weighted by atomic mass is 9.67. The number of fused-ring (bicyclic) bond motifs is 8. The molecule has 0 spiro atoms. The van der Waals surface area contributed by atoms with Crippen molar-refractivity contribution < 1.29 is 38.2 Å². The summed E-state index contributed by atoms with van der Waals surface area (Å²) in [6, 6.07) is 15.8. The van der Waals surface area contributed by atoms with E-state index in [1.54, 1.807) is 25.3 Å². The minimum Gasteiger partial charge on any atom is -0.464 e. The highest BCUT2D eigenvalue weighted by Crippen LogP contribution is 2.57. The molecule has 2 aromatic heterocycles. The van der Waals surface area contributed by atoms with Crippen LogP contribution in [0.15, 0.2) is 73.4 Å². The normalized spacial score (nSPS) is 24.6. The molecule has 15 nitrogen and oxygen atoms in total. The van der Waals surface area contributed by atoms with Crippen LogP contribution in [0.25, 0.3) is 33.3 Å². The number of cyclic esters (lactones) is 1. The van der Waals surface area contributed by atoms with Gasteiger partial charge in [0, 0.05) is 86.7 Å². The largest absolute Gasteiger partial charge is 0.464 e. The molecule has 5 aliphatic rings. The van der Waals surface area contributed by atoms with Crippen molar-refractivity contribution in [2.75, 3.05) is 53.6 Å². The van der Waals surface area contributed by atoms with E-state index in [-0.39, 0.29) is 56.4 Å². The Morgan fingerprint density at radius 1 is 1.08 bits per heavy atom. The summed E-state index contributed by atoms with van der Waals surface area (Å²) >= 11 is 0. The number of amides is 4. The summed E-state index contributed by atoms with van der Waals surface area (Å²) in [5.74, 6) is -2.88. The van der Waals surface area contributed by atoms with Crippen LogP contribution in [-0.2, 0) is 51.1 Å². The van der Waals surface area contributed by atoms with Crippen molar-refractivity contribution in [1.29, 1.82) is 0 Å². The summed E-state index contributed by atoms with van der Waals surface area (Å²) < 4.78 is 20.5. The molecular weight excluding hydrogens is 827 g/mol. The molecule has 9 rings (SSSR count). The van der Waals surface area contributed by atoms with Crippen LogP contribution in [0.3, 0.4) is 0 Å². The number of carbonyl (C=O) groups excluding carboxylic acids is 5. The average molecular weight is 886 g/mol. The first-order valence-corrected chi connectivity index (χ1v) is 22.9. The summed E-state index contributed by atoms with van der Waals surface area (Å²) in [4.78, 5) is 77.8. The van der Waals surface area contributed by atoms with Gasteiger partial charge in [-0.25, -0.2) is 5.43 Å². The molecule has 6 heterocycles. The third-order valence-corrected chi connectivity index (χ3v) is 14.3. The fourth-order valence-corrected chi connectivity index (χ4v) is 10.9. The highest BCUT2D eigenvalue weighted by Gasteiger charge is 2.48. The van der Waals surface area contributed by atoms with Crippen LogP contribution in [0.1, 0.15) is 68.9 Å². The number of ether oxygens (including phenoxy) is 3. The number of aromatic nitrogens is 2. The minimum absolute atomic E-state index is 0.0747. The zero-order valence-electron chi connectivity index (χ0n) is 37.9. The molecule has 15 heteroatoms. The number of methoxy groups -OCH3 is 1. The Bertz CT molecular complexity index is 2550. The van der Waals surface area contributed by atoms with Gasteiger partial charge in [-0.2, -0.15) is 0 Å². The molecule has 1 aliphatic carbocycles. The number of hydrazine groups is 1. The van der Waals surface area contributed by atoms with Gasteiger partial charge in [0.15, 0.2) is 0 Å². The van der Waals surface area contributed by atoms with Crippen molar-refractivity contribution >= 4 is 40.5 Å². The molecule has 3 saturated heterocycles. The Balaban J connectivity index is 1.11. The van der Waals surface area contributed by atoms with E-state index in [1.807, 2.05) is 18.2 Å². The third kappa shape index (κ3) is 8.01. The first-order chi connectivity index (χ1) is 31.3. The van der Waals surface area contributed by atoms with Crippen molar-refractivity contribution in [2.45, 2.75) is 83.1 Å². The summed E-state index contributed by atoms with van der Waals surface area (Å²) in [5.41, 5.74) is 10.4. The van der Waals surface area contributed by atoms with Crippen molar-refractivity contribution in [3.05, 3.63) is 90.3 Å². The van der Waals surface area contributed by atoms with Gasteiger partial charge in [0.25, 0.3) is 5.91 Å². The molecule has 6 atom stereocenters. The Morgan fingerprint density at radius 2 is 1.88 bits per heavy atom. The summed E-state index contributed by atoms with van der Waals surface area (Å²) in [6.07, 6.45) is 4.20. The first kappa shape index (κ1) is 44.3. The lowest BCUT2D eigenvalue weighted by Gasteiger charge is -2.42. The van der Waals surface area contributed by atoms with E-state index < -0.39 is 53.3 Å². The molecule has 4 aliphatic heterocycles. The van der Waals surface area contributed by atoms with Crippen molar-refractivity contribution in [3.8, 4) is 22.4 Å². The second-order valence-electron chi connectivity index (χ2n) is 18.8. The SMILES string of the molecule is C=CC(=O)N1CC[C@H](C(=O)N(C)[C@H](C(=O)N[C@H]2Cc3cccc(c3)-c3ccc4c(c3)c3c(n4CC)-c4cccnc4[C@@H](OC)C3C(C)(C)COC(=O)[C@@H]3CCCN(N3)C2=O)C2COC2)C1. The minimum atomic E-state index is -1.06. The summed E-state index contributed by atoms with van der Waals surface area (Å²) in [5, 5.41) is 5.57. The van der Waals surface area contributed by atoms with Gasteiger partial charge in [-0.3, -0.25) is 34.0 Å². The molecular formula is C50H59N7O8. The van der Waals surface area contributed by atoms with E-state index in [0.717, 1.165) is 50.1 Å². The maximum atomic E-state index is 14.8. The van der Waals surface area contributed by atoms with E-state index in [2.05, 4.69) is 79.1 Å². The van der Waals surface area contributed by atoms with Crippen molar-refractivity contribution in [1.82, 2.24) is 35.1 Å². The fraction of sp³-hybridized carbons (Fsp3) is 0.480. The van der Waals surface area contributed by atoms with Gasteiger partial charge in [-0.1, -0.05) is 50.8 Å². The zero-order chi connectivity index (χ0) is 45.7. The maximum absolute atomic E-state index is 14.8. The van der Waals surface area contributed by atoms with Crippen LogP contribution in [-0.4, -0.2) is 126 Å². The van der Waals surface area contributed by atoms with Gasteiger partial charge in [0.1, 0.15) is 24.2 Å². The molecule has 1 unspecified atom stereocenters. The quantitative estimate of drug-likeness (QED) is 0.186. The number of likely N-dealkylation sites (N-methyl/N-ethyl adjacent to an activating group) is 1. The Hall–Kier alpha value is -5.90. The Morgan fingerprint density at radius 3 is 2.62 bits per heavy atom. The molecule has 342 valence electrons. The summed E-state index contributed by atoms with van der Waals surface area (Å²) in [6.45, 7) is 12.3. The van der Waals surface area contributed by atoms with Crippen LogP contribution in [0.5, 0.6) is 0 Å². The van der Waals surface area contributed by atoms with E-state index in [0.29, 0.717) is 38.9 Å². The molecule has 3 fully saturated rings. The van der Waals surface area contributed by atoms with E-state index in [9.17, 15) is 24.0 Å². The Labute approximate surface area is 379 Å². The number of aryl methyl sites for hydroxylation is 1. The first-order valence-electron chi connectivity index (χ1n) is 22.9. The molecule has 4 amide bonds. The number of nitrogens with zero attached hydrogens (tertiary/aromatic N) is 5. The molecule has 65 heavy (non-hydrogen) atoms. The number of nitrogens with one attached hydrogen (secondary N) is 2. The van der Waals surface area contributed by atoms with E-state index >= 15 is 0 Å². The number of likely N-dealkylation sites (tertiary alicyclic amines) is 1. The average Bonchev–Trinajstić information content (AvgIpc) is 3.93. The van der Waals surface area contributed by atoms with Crippen LogP contribution < -0.4 is 10.7 Å². The predicted octanol–water partition coefficient (Wildman–Crippen LogP) is 4.79. The molecule has 2 aromatic carbocycles. The number of rotatable bonds is 8. The number of hydrogen-bond acceptors (Lipinski definition) is 10. The molecule has 4 aromatic rings. The van der Waals surface area contributed by atoms with Crippen LogP contribution >= 0.6 is 0 Å². The second-order valence-corrected chi connectivity index (χ2v) is 18.8. The number of hydrogen-bond donors (Lipinski definition) is 2. The highest BCUT2D eigenvalue weighted by atomic mass is 16.5. The third-order valence-electron chi connectivity index (χ3n) is 14.3. The fourth-order valence-electron chi connectivity index (χ4n) is 10.9. The number of esters is 1. The van der Waals surface area contributed by atoms with Gasteiger partial charge < -0.3 is 33.9 Å². The number of benzene rings is 2.